The molecule has 0 radical (unpaired) electrons. The molecule has 3 N–H and O–H groups in total. The smallest absolute Gasteiger partial charge is 0.138 e. The molecule has 1 aliphatic heterocycles. The van der Waals surface area contributed by atoms with Gasteiger partial charge < -0.3 is 9.47 Å². The standard InChI is InChI=1S/C15H25N3O2/c1-4-14-13(5-6-19-14)15(18-16)11-7-12(9-17-8-11)20-10(2)3/h7-10,13-15,18H,4-6,16H2,1-3H3. The monoisotopic (exact) mass is 279 g/mol. The molecule has 1 aliphatic rings. The fraction of sp³-hybridized carbons (Fsp3) is 0.667. The highest BCUT2D eigenvalue weighted by molar-refractivity contribution is 5.27. The summed E-state index contributed by atoms with van der Waals surface area (Å²) < 4.78 is 11.5. The second-order valence-corrected chi connectivity index (χ2v) is 5.53. The number of rotatable bonds is 6. The SMILES string of the molecule is CCC1OCCC1C(NN)c1cncc(OC(C)C)c1. The van der Waals surface area contributed by atoms with Gasteiger partial charge >= 0.3 is 0 Å². The van der Waals surface area contributed by atoms with E-state index in [1.807, 2.05) is 26.1 Å². The van der Waals surface area contributed by atoms with E-state index in [-0.39, 0.29) is 18.2 Å². The molecule has 3 atom stereocenters. The Morgan fingerprint density at radius 2 is 2.30 bits per heavy atom. The van der Waals surface area contributed by atoms with Crippen LogP contribution in [0.1, 0.15) is 45.2 Å². The number of aromatic nitrogens is 1. The number of nitrogens with two attached hydrogens (primary N) is 1. The van der Waals surface area contributed by atoms with Crippen LogP contribution in [0.4, 0.5) is 0 Å². The van der Waals surface area contributed by atoms with E-state index >= 15 is 0 Å². The van der Waals surface area contributed by atoms with E-state index < -0.39 is 0 Å². The highest BCUT2D eigenvalue weighted by atomic mass is 16.5. The van der Waals surface area contributed by atoms with Crippen molar-refractivity contribution in [3.05, 3.63) is 24.0 Å². The predicted molar refractivity (Wildman–Crippen MR) is 78.2 cm³/mol. The minimum Gasteiger partial charge on any atom is -0.489 e. The van der Waals surface area contributed by atoms with Crippen LogP contribution >= 0.6 is 0 Å². The first-order chi connectivity index (χ1) is 9.65. The van der Waals surface area contributed by atoms with Gasteiger partial charge in [0.15, 0.2) is 0 Å². The van der Waals surface area contributed by atoms with Gasteiger partial charge in [-0.2, -0.15) is 0 Å². The Bertz CT molecular complexity index is 425. The molecule has 112 valence electrons. The Morgan fingerprint density at radius 1 is 1.50 bits per heavy atom. The van der Waals surface area contributed by atoms with E-state index in [1.165, 1.54) is 0 Å². The predicted octanol–water partition coefficient (Wildman–Crippen LogP) is 2.19. The molecule has 0 spiro atoms. The van der Waals surface area contributed by atoms with Crippen molar-refractivity contribution in [3.8, 4) is 5.75 Å². The molecule has 0 aromatic carbocycles. The maximum Gasteiger partial charge on any atom is 0.138 e. The van der Waals surface area contributed by atoms with E-state index in [9.17, 15) is 0 Å². The summed E-state index contributed by atoms with van der Waals surface area (Å²) in [7, 11) is 0. The van der Waals surface area contributed by atoms with Crippen molar-refractivity contribution >= 4 is 0 Å². The summed E-state index contributed by atoms with van der Waals surface area (Å²) in [6.07, 6.45) is 5.99. The normalized spacial score (nSPS) is 24.1. The summed E-state index contributed by atoms with van der Waals surface area (Å²) in [6.45, 7) is 6.95. The van der Waals surface area contributed by atoms with Crippen LogP contribution in [0.3, 0.4) is 0 Å². The van der Waals surface area contributed by atoms with Gasteiger partial charge in [-0.25, -0.2) is 0 Å². The molecular weight excluding hydrogens is 254 g/mol. The summed E-state index contributed by atoms with van der Waals surface area (Å²) in [4.78, 5) is 4.27. The molecule has 5 nitrogen and oxygen atoms in total. The molecule has 0 aliphatic carbocycles. The average Bonchev–Trinajstić information content (AvgIpc) is 2.87. The molecule has 3 unspecified atom stereocenters. The minimum atomic E-state index is 0.0469. The lowest BCUT2D eigenvalue weighted by molar-refractivity contribution is 0.0773. The average molecular weight is 279 g/mol. The molecule has 1 saturated heterocycles. The number of nitrogens with one attached hydrogen (secondary N) is 1. The van der Waals surface area contributed by atoms with Gasteiger partial charge in [0.05, 0.1) is 24.4 Å². The van der Waals surface area contributed by atoms with E-state index in [4.69, 9.17) is 15.3 Å². The zero-order chi connectivity index (χ0) is 14.5. The summed E-state index contributed by atoms with van der Waals surface area (Å²) >= 11 is 0. The molecular formula is C15H25N3O2. The highest BCUT2D eigenvalue weighted by Crippen LogP contribution is 2.35. The van der Waals surface area contributed by atoms with Crippen molar-refractivity contribution in [3.63, 3.8) is 0 Å². The third kappa shape index (κ3) is 3.48. The maximum atomic E-state index is 5.78. The summed E-state index contributed by atoms with van der Waals surface area (Å²) in [5.41, 5.74) is 3.98. The second kappa shape index (κ2) is 7.02. The van der Waals surface area contributed by atoms with Crippen LogP contribution in [0.25, 0.3) is 0 Å². The maximum absolute atomic E-state index is 5.78. The lowest BCUT2D eigenvalue weighted by atomic mass is 9.88. The fourth-order valence-electron chi connectivity index (χ4n) is 2.88. The number of hydrogen-bond donors (Lipinski definition) is 2. The summed E-state index contributed by atoms with van der Waals surface area (Å²) in [6, 6.07) is 2.06. The Balaban J connectivity index is 2.18. The first kappa shape index (κ1) is 15.2. The zero-order valence-electron chi connectivity index (χ0n) is 12.5. The van der Waals surface area contributed by atoms with Crippen molar-refractivity contribution in [1.29, 1.82) is 0 Å². The topological polar surface area (TPSA) is 69.4 Å². The molecule has 20 heavy (non-hydrogen) atoms. The number of ether oxygens (including phenoxy) is 2. The van der Waals surface area contributed by atoms with Crippen LogP contribution < -0.4 is 16.0 Å². The van der Waals surface area contributed by atoms with Gasteiger partial charge in [-0.05, 0) is 38.3 Å². The molecule has 0 bridgehead atoms. The molecule has 0 saturated carbocycles. The fourth-order valence-corrected chi connectivity index (χ4v) is 2.88. The van der Waals surface area contributed by atoms with Crippen molar-refractivity contribution < 1.29 is 9.47 Å². The van der Waals surface area contributed by atoms with Crippen molar-refractivity contribution in [2.45, 2.75) is 51.9 Å². The summed E-state index contributed by atoms with van der Waals surface area (Å²) in [5, 5.41) is 0. The lowest BCUT2D eigenvalue weighted by Crippen LogP contribution is -2.37. The molecule has 1 aromatic rings. The van der Waals surface area contributed by atoms with Gasteiger partial charge in [0.25, 0.3) is 0 Å². The van der Waals surface area contributed by atoms with Crippen LogP contribution in [-0.4, -0.2) is 23.8 Å². The van der Waals surface area contributed by atoms with Crippen molar-refractivity contribution in [2.75, 3.05) is 6.61 Å². The second-order valence-electron chi connectivity index (χ2n) is 5.53. The van der Waals surface area contributed by atoms with Gasteiger partial charge in [-0.15, -0.1) is 0 Å². The molecule has 2 heterocycles. The minimum absolute atomic E-state index is 0.0469. The molecule has 2 rings (SSSR count). The third-order valence-electron chi connectivity index (χ3n) is 3.74. The largest absolute Gasteiger partial charge is 0.489 e. The van der Waals surface area contributed by atoms with Gasteiger partial charge in [-0.1, -0.05) is 6.92 Å². The number of hydrogen-bond acceptors (Lipinski definition) is 5. The molecule has 1 aromatic heterocycles. The van der Waals surface area contributed by atoms with E-state index in [1.54, 1.807) is 6.20 Å². The van der Waals surface area contributed by atoms with Crippen LogP contribution in [0.2, 0.25) is 0 Å². The van der Waals surface area contributed by atoms with Crippen molar-refractivity contribution in [1.82, 2.24) is 10.4 Å². The van der Waals surface area contributed by atoms with Gasteiger partial charge in [-0.3, -0.25) is 16.3 Å². The van der Waals surface area contributed by atoms with Gasteiger partial charge in [0, 0.05) is 18.7 Å². The summed E-state index contributed by atoms with van der Waals surface area (Å²) in [5.74, 6) is 6.94. The quantitative estimate of drug-likeness (QED) is 0.617. The van der Waals surface area contributed by atoms with Crippen LogP contribution in [0, 0.1) is 5.92 Å². The van der Waals surface area contributed by atoms with Crippen LogP contribution in [0.15, 0.2) is 18.5 Å². The Morgan fingerprint density at radius 3 is 2.95 bits per heavy atom. The van der Waals surface area contributed by atoms with Gasteiger partial charge in [0.1, 0.15) is 5.75 Å². The number of nitrogens with zero attached hydrogens (tertiary/aromatic N) is 1. The first-order valence-corrected chi connectivity index (χ1v) is 7.35. The molecule has 0 amide bonds. The highest BCUT2D eigenvalue weighted by Gasteiger charge is 2.34. The van der Waals surface area contributed by atoms with Crippen LogP contribution in [0.5, 0.6) is 5.75 Å². The van der Waals surface area contributed by atoms with Crippen LogP contribution in [-0.2, 0) is 4.74 Å². The molecule has 5 heteroatoms. The Labute approximate surface area is 120 Å². The number of hydrazine groups is 1. The van der Waals surface area contributed by atoms with Crippen molar-refractivity contribution in [2.24, 2.45) is 11.8 Å². The molecule has 1 fully saturated rings. The van der Waals surface area contributed by atoms with Gasteiger partial charge in [0.2, 0.25) is 0 Å². The van der Waals surface area contributed by atoms with E-state index in [0.717, 1.165) is 30.8 Å². The lowest BCUT2D eigenvalue weighted by Gasteiger charge is -2.27. The van der Waals surface area contributed by atoms with E-state index in [0.29, 0.717) is 5.92 Å². The zero-order valence-corrected chi connectivity index (χ0v) is 12.5. The number of pyridine rings is 1. The first-order valence-electron chi connectivity index (χ1n) is 7.35. The Kier molecular flexibility index (Phi) is 5.34. The third-order valence-corrected chi connectivity index (χ3v) is 3.74. The van der Waals surface area contributed by atoms with E-state index in [2.05, 4.69) is 17.3 Å². The Hall–Kier alpha value is -1.17.